The first-order chi connectivity index (χ1) is 9.67. The van der Waals surface area contributed by atoms with Crippen LogP contribution >= 0.6 is 7.82 Å². The van der Waals surface area contributed by atoms with Crippen molar-refractivity contribution >= 4 is 56.7 Å². The predicted octanol–water partition coefficient (Wildman–Crippen LogP) is -3.04. The molecule has 1 aliphatic heterocycles. The molecule has 1 aliphatic rings. The second-order valence-electron chi connectivity index (χ2n) is 4.65. The molecule has 0 aliphatic carbocycles. The number of aliphatic hydroxyl groups is 1. The van der Waals surface area contributed by atoms with Crippen molar-refractivity contribution in [1.82, 2.24) is 9.55 Å². The van der Waals surface area contributed by atoms with Crippen molar-refractivity contribution in [3.63, 3.8) is 0 Å². The van der Waals surface area contributed by atoms with Gasteiger partial charge in [0.1, 0.15) is 12.3 Å². The van der Waals surface area contributed by atoms with Gasteiger partial charge in [-0.25, -0.2) is 4.79 Å². The first-order valence-corrected chi connectivity index (χ1v) is 7.45. The molecule has 2 rings (SSSR count). The van der Waals surface area contributed by atoms with Crippen molar-refractivity contribution in [3.05, 3.63) is 32.6 Å². The van der Waals surface area contributed by atoms with Crippen molar-refractivity contribution in [2.24, 2.45) is 0 Å². The third-order valence-corrected chi connectivity index (χ3v) is 3.52. The Morgan fingerprint density at radius 3 is 2.77 bits per heavy atom. The molecule has 1 aromatic rings. The summed E-state index contributed by atoms with van der Waals surface area (Å²) < 4.78 is 20.8. The maximum atomic E-state index is 11.7. The zero-order valence-electron chi connectivity index (χ0n) is 11.6. The summed E-state index contributed by atoms with van der Waals surface area (Å²) in [5.74, 6) is 0. The van der Waals surface area contributed by atoms with E-state index in [1.807, 2.05) is 0 Å². The van der Waals surface area contributed by atoms with Crippen LogP contribution in [0.5, 0.6) is 0 Å². The van der Waals surface area contributed by atoms with E-state index in [1.165, 1.54) is 13.1 Å². The number of aromatic nitrogens is 2. The smallest absolute Gasteiger partial charge is 0.790 e. The van der Waals surface area contributed by atoms with Gasteiger partial charge in [0.05, 0.1) is 20.5 Å². The Morgan fingerprint density at radius 2 is 2.18 bits per heavy atom. The Balaban J connectivity index is 0.00000242. The molecule has 22 heavy (non-hydrogen) atoms. The van der Waals surface area contributed by atoms with E-state index >= 15 is 0 Å². The van der Waals surface area contributed by atoms with Crippen LogP contribution in [0.15, 0.2) is 15.8 Å². The number of aliphatic hydroxyl groups excluding tert-OH is 1. The second-order valence-corrected chi connectivity index (χ2v) is 5.81. The molecule has 0 amide bonds. The van der Waals surface area contributed by atoms with E-state index < -0.39 is 44.1 Å². The van der Waals surface area contributed by atoms with E-state index in [-0.39, 0.29) is 60.9 Å². The summed E-state index contributed by atoms with van der Waals surface area (Å²) >= 11 is 0. The standard InChI is InChI=1S/C10H15N2O8P.Ba/c1-5-3-12(10(15)11-9(5)14)8-2-6(13)7(20-8)4-19-21(16,17)18;/h3,6-8,13H,2,4H2,1H3,(H,11,14,15)(H2,16,17,18);/q;+2/p-2/t6-,7+,8+;/m0./s1. The molecule has 2 N–H and O–H groups in total. The Morgan fingerprint density at radius 1 is 1.55 bits per heavy atom. The number of nitrogens with zero attached hydrogens (tertiary/aromatic N) is 1. The fourth-order valence-corrected chi connectivity index (χ4v) is 2.33. The van der Waals surface area contributed by atoms with Crippen LogP contribution in [-0.4, -0.2) is 82.4 Å². The molecule has 2 heterocycles. The van der Waals surface area contributed by atoms with E-state index in [0.29, 0.717) is 0 Å². The SMILES string of the molecule is Cc1cn([C@H]2C[C@H](O)[C@@H](COP(=O)([O-])[O-])O2)c(=O)[nH]c1=O.[Ba+2]. The minimum Gasteiger partial charge on any atom is -0.790 e. The molecule has 0 spiro atoms. The summed E-state index contributed by atoms with van der Waals surface area (Å²) in [5.41, 5.74) is -0.980. The average molecular weight is 458 g/mol. The zero-order chi connectivity index (χ0) is 15.8. The van der Waals surface area contributed by atoms with Crippen LogP contribution in [0.4, 0.5) is 0 Å². The van der Waals surface area contributed by atoms with Gasteiger partial charge in [0.15, 0.2) is 0 Å². The van der Waals surface area contributed by atoms with E-state index in [4.69, 9.17) is 4.74 Å². The first-order valence-electron chi connectivity index (χ1n) is 5.99. The Hall–Kier alpha value is 0.281. The largest absolute Gasteiger partial charge is 2.00 e. The van der Waals surface area contributed by atoms with Crippen molar-refractivity contribution in [2.75, 3.05) is 6.61 Å². The molecule has 0 aromatic carbocycles. The number of H-pyrrole nitrogens is 1. The minimum atomic E-state index is -5.17. The van der Waals surface area contributed by atoms with Crippen molar-refractivity contribution in [3.8, 4) is 0 Å². The maximum absolute atomic E-state index is 11.7. The molecule has 3 atom stereocenters. The van der Waals surface area contributed by atoms with Gasteiger partial charge in [-0.1, -0.05) is 0 Å². The van der Waals surface area contributed by atoms with Gasteiger partial charge >= 0.3 is 54.6 Å². The molecule has 0 unspecified atom stereocenters. The molecule has 1 aromatic heterocycles. The van der Waals surface area contributed by atoms with Crippen LogP contribution in [-0.2, 0) is 13.8 Å². The van der Waals surface area contributed by atoms with Gasteiger partial charge in [-0.3, -0.25) is 14.3 Å². The Labute approximate surface area is 164 Å². The summed E-state index contributed by atoms with van der Waals surface area (Å²) in [4.78, 5) is 45.8. The fraction of sp³-hybridized carbons (Fsp3) is 0.600. The summed E-state index contributed by atoms with van der Waals surface area (Å²) in [7, 11) is -5.17. The number of nitrogens with one attached hydrogen (secondary N) is 1. The topological polar surface area (TPSA) is 157 Å². The number of phosphoric ester groups is 1. The normalized spacial score (nSPS) is 25.0. The van der Waals surface area contributed by atoms with Gasteiger partial charge in [0.2, 0.25) is 0 Å². The second kappa shape index (κ2) is 7.90. The number of aromatic amines is 1. The molecule has 0 radical (unpaired) electrons. The van der Waals surface area contributed by atoms with Gasteiger partial charge in [0.25, 0.3) is 5.56 Å². The van der Waals surface area contributed by atoms with E-state index in [1.54, 1.807) is 0 Å². The molecular weight excluding hydrogens is 444 g/mol. The molecule has 0 bridgehead atoms. The third-order valence-electron chi connectivity index (χ3n) is 3.06. The summed E-state index contributed by atoms with van der Waals surface area (Å²) in [6, 6.07) is 0. The molecule has 0 saturated carbocycles. The van der Waals surface area contributed by atoms with Crippen LogP contribution in [0.25, 0.3) is 0 Å². The number of phosphoric acid groups is 1. The summed E-state index contributed by atoms with van der Waals surface area (Å²) in [5, 5.41) is 9.75. The van der Waals surface area contributed by atoms with Gasteiger partial charge < -0.3 is 28.7 Å². The molecule has 1 fully saturated rings. The van der Waals surface area contributed by atoms with Crippen molar-refractivity contribution in [1.29, 1.82) is 0 Å². The Kier molecular flexibility index (Phi) is 7.30. The van der Waals surface area contributed by atoms with Gasteiger partial charge in [-0.15, -0.1) is 0 Å². The molecular formula is C10H13BaN2O8P. The molecule has 10 nitrogen and oxygen atoms in total. The van der Waals surface area contributed by atoms with Crippen molar-refractivity contribution in [2.45, 2.75) is 31.8 Å². The van der Waals surface area contributed by atoms with Crippen LogP contribution < -0.4 is 21.0 Å². The molecule has 12 heteroatoms. The van der Waals surface area contributed by atoms with Crippen molar-refractivity contribution < 1.29 is 28.7 Å². The van der Waals surface area contributed by atoms with Crippen LogP contribution in [0.3, 0.4) is 0 Å². The Bertz CT molecular complexity index is 682. The zero-order valence-corrected chi connectivity index (χ0v) is 17.0. The third kappa shape index (κ3) is 5.15. The number of hydrogen-bond donors (Lipinski definition) is 2. The minimum absolute atomic E-state index is 0. The number of rotatable bonds is 4. The van der Waals surface area contributed by atoms with Crippen LogP contribution in [0, 0.1) is 6.92 Å². The average Bonchev–Trinajstić information content (AvgIpc) is 2.72. The van der Waals surface area contributed by atoms with Crippen LogP contribution in [0.1, 0.15) is 18.2 Å². The van der Waals surface area contributed by atoms with Gasteiger partial charge in [-0.2, -0.15) is 0 Å². The molecule has 118 valence electrons. The van der Waals surface area contributed by atoms with E-state index in [9.17, 15) is 29.0 Å². The summed E-state index contributed by atoms with van der Waals surface area (Å²) in [6.45, 7) is 0.852. The first kappa shape index (κ1) is 20.3. The monoisotopic (exact) mass is 458 g/mol. The maximum Gasteiger partial charge on any atom is 2.00 e. The van der Waals surface area contributed by atoms with Gasteiger partial charge in [0, 0.05) is 18.2 Å². The number of hydrogen-bond acceptors (Lipinski definition) is 8. The number of aryl methyl sites for hydroxylation is 1. The van der Waals surface area contributed by atoms with E-state index in [0.717, 1.165) is 4.57 Å². The predicted molar refractivity (Wildman–Crippen MR) is 69.9 cm³/mol. The van der Waals surface area contributed by atoms with Crippen LogP contribution in [0.2, 0.25) is 0 Å². The number of ether oxygens (including phenoxy) is 1. The molecule has 1 saturated heterocycles. The van der Waals surface area contributed by atoms with Gasteiger partial charge in [-0.05, 0) is 6.92 Å². The fourth-order valence-electron chi connectivity index (χ4n) is 2.00. The quantitative estimate of drug-likeness (QED) is 0.357. The van der Waals surface area contributed by atoms with E-state index in [2.05, 4.69) is 9.51 Å². The summed E-state index contributed by atoms with van der Waals surface area (Å²) in [6.07, 6.45) is -1.81.